The molecule has 2 aliphatic rings. The van der Waals surface area contributed by atoms with Crippen LogP contribution in [0.25, 0.3) is 5.76 Å². The van der Waals surface area contributed by atoms with Gasteiger partial charge >= 0.3 is 11.9 Å². The lowest BCUT2D eigenvalue weighted by molar-refractivity contribution is -0.132. The number of hydrogen-bond donors (Lipinski definition) is 1. The van der Waals surface area contributed by atoms with Crippen molar-refractivity contribution < 1.29 is 38.4 Å². The molecule has 0 saturated carbocycles. The number of esters is 1. The molecule has 10 nitrogen and oxygen atoms in total. The molecule has 2 aromatic carbocycles. The van der Waals surface area contributed by atoms with Crippen LogP contribution in [0, 0.1) is 12.8 Å². The van der Waals surface area contributed by atoms with Crippen molar-refractivity contribution >= 4 is 39.9 Å². The van der Waals surface area contributed by atoms with Gasteiger partial charge < -0.3 is 24.1 Å². The van der Waals surface area contributed by atoms with Gasteiger partial charge in [-0.3, -0.25) is 14.5 Å². The van der Waals surface area contributed by atoms with Crippen LogP contribution in [0.1, 0.15) is 72.2 Å². The highest BCUT2D eigenvalue weighted by molar-refractivity contribution is 7.17. The summed E-state index contributed by atoms with van der Waals surface area (Å²) in [6.07, 6.45) is 2.93. The van der Waals surface area contributed by atoms with Gasteiger partial charge in [0.2, 0.25) is 0 Å². The second-order valence-corrected chi connectivity index (χ2v) is 12.6. The maximum atomic E-state index is 13.8. The van der Waals surface area contributed by atoms with Crippen LogP contribution in [-0.2, 0) is 20.7 Å². The first-order valence-electron chi connectivity index (χ1n) is 15.3. The van der Waals surface area contributed by atoms with Crippen molar-refractivity contribution in [2.45, 2.75) is 59.6 Å². The summed E-state index contributed by atoms with van der Waals surface area (Å²) >= 11 is 0.933. The van der Waals surface area contributed by atoms with Gasteiger partial charge in [0.25, 0.3) is 5.78 Å². The molecule has 5 rings (SSSR count). The van der Waals surface area contributed by atoms with E-state index in [0.29, 0.717) is 59.6 Å². The Kier molecular flexibility index (Phi) is 9.81. The number of aryl methyl sites for hydroxylation is 1. The third kappa shape index (κ3) is 6.50. The van der Waals surface area contributed by atoms with Gasteiger partial charge in [-0.1, -0.05) is 43.9 Å². The zero-order valence-electron chi connectivity index (χ0n) is 26.6. The minimum Gasteiger partial charge on any atom is -0.507 e. The third-order valence-electron chi connectivity index (χ3n) is 7.66. The summed E-state index contributed by atoms with van der Waals surface area (Å²) in [7, 11) is 0. The molecule has 1 amide bonds. The van der Waals surface area contributed by atoms with Crippen molar-refractivity contribution in [2.75, 3.05) is 24.7 Å². The maximum absolute atomic E-state index is 13.8. The standard InChI is InChI=1S/C35H38N2O8S/c1-7-14-44-34(41)32-21(6)36-35(46-32)37-29(22-9-12-26(27(18-22)42-8-2)43-15-13-19(3)4)28(31(39)33(37)40)30(38)23-10-11-25-24(17-23)16-20(5)45-25/h7,9-12,17-20,29,38H,1,8,13-16H2,2-6H3/b30-28+/t20-,29-/m0/s1. The minimum absolute atomic E-state index is 0.00636. The molecule has 0 spiro atoms. The molecule has 2 aliphatic heterocycles. The number of aliphatic hydroxyl groups excluding tert-OH is 1. The van der Waals surface area contributed by atoms with Crippen LogP contribution in [0.2, 0.25) is 0 Å². The van der Waals surface area contributed by atoms with Gasteiger partial charge in [0.15, 0.2) is 16.6 Å². The normalized spacial score (nSPS) is 18.4. The first kappa shape index (κ1) is 32.7. The number of carbonyl (C=O) groups is 3. The fraction of sp³-hybridized carbons (Fsp3) is 0.371. The molecular weight excluding hydrogens is 608 g/mol. The predicted octanol–water partition coefficient (Wildman–Crippen LogP) is 6.57. The summed E-state index contributed by atoms with van der Waals surface area (Å²) in [5.74, 6) is -0.608. The number of aliphatic hydroxyl groups is 1. The average molecular weight is 647 g/mol. The van der Waals surface area contributed by atoms with E-state index in [2.05, 4.69) is 25.4 Å². The van der Waals surface area contributed by atoms with E-state index in [0.717, 1.165) is 23.3 Å². The van der Waals surface area contributed by atoms with Gasteiger partial charge in [-0.25, -0.2) is 9.78 Å². The lowest BCUT2D eigenvalue weighted by Crippen LogP contribution is -2.29. The lowest BCUT2D eigenvalue weighted by Gasteiger charge is -2.24. The van der Waals surface area contributed by atoms with Gasteiger partial charge in [-0.05, 0) is 74.6 Å². The van der Waals surface area contributed by atoms with Gasteiger partial charge in [0.05, 0.1) is 30.5 Å². The highest BCUT2D eigenvalue weighted by Crippen LogP contribution is 2.46. The van der Waals surface area contributed by atoms with Crippen LogP contribution in [0.4, 0.5) is 5.13 Å². The number of hydrogen-bond acceptors (Lipinski definition) is 10. The van der Waals surface area contributed by atoms with Gasteiger partial charge in [-0.15, -0.1) is 0 Å². The van der Waals surface area contributed by atoms with Gasteiger partial charge in [0.1, 0.15) is 29.1 Å². The van der Waals surface area contributed by atoms with Gasteiger partial charge in [-0.2, -0.15) is 0 Å². The zero-order valence-corrected chi connectivity index (χ0v) is 27.4. The number of benzene rings is 2. The molecule has 2 atom stereocenters. The molecule has 0 unspecified atom stereocenters. The zero-order chi connectivity index (χ0) is 33.1. The van der Waals surface area contributed by atoms with Crippen molar-refractivity contribution in [3.63, 3.8) is 0 Å². The SMILES string of the molecule is C=CCOC(=O)c1sc(N2C(=O)C(=O)/C(=C(/O)c3ccc4c(c3)C[C@H](C)O4)[C@@H]2c2ccc(OCCC(C)C)c(OCC)c2)nc1C. The number of thiazole rings is 1. The molecule has 1 N–H and O–H groups in total. The molecule has 46 heavy (non-hydrogen) atoms. The Morgan fingerprint density at radius 3 is 2.70 bits per heavy atom. The topological polar surface area (TPSA) is 124 Å². The number of rotatable bonds is 12. The van der Waals surface area contributed by atoms with Crippen molar-refractivity contribution in [3.8, 4) is 17.2 Å². The summed E-state index contributed by atoms with van der Waals surface area (Å²) in [6.45, 7) is 14.1. The predicted molar refractivity (Wildman–Crippen MR) is 175 cm³/mol. The Hall–Kier alpha value is -4.64. The van der Waals surface area contributed by atoms with Crippen molar-refractivity contribution in [1.29, 1.82) is 0 Å². The lowest BCUT2D eigenvalue weighted by atomic mass is 9.94. The monoisotopic (exact) mass is 646 g/mol. The fourth-order valence-corrected chi connectivity index (χ4v) is 6.42. The highest BCUT2D eigenvalue weighted by Gasteiger charge is 2.49. The van der Waals surface area contributed by atoms with E-state index in [-0.39, 0.29) is 34.1 Å². The van der Waals surface area contributed by atoms with Gasteiger partial charge in [0, 0.05) is 12.0 Å². The molecule has 0 aliphatic carbocycles. The Balaban J connectivity index is 1.65. The second-order valence-electron chi connectivity index (χ2n) is 11.6. The van der Waals surface area contributed by atoms with Crippen LogP contribution in [0.15, 0.2) is 54.6 Å². The first-order valence-corrected chi connectivity index (χ1v) is 16.1. The molecule has 1 fully saturated rings. The van der Waals surface area contributed by atoms with E-state index in [1.807, 2.05) is 13.8 Å². The minimum atomic E-state index is -1.09. The molecular formula is C35H38N2O8S. The first-order chi connectivity index (χ1) is 22.0. The Morgan fingerprint density at radius 1 is 1.20 bits per heavy atom. The van der Waals surface area contributed by atoms with Crippen molar-refractivity contribution in [2.24, 2.45) is 5.92 Å². The number of carbonyl (C=O) groups excluding carboxylic acids is 3. The number of aromatic nitrogens is 1. The van der Waals surface area contributed by atoms with Crippen molar-refractivity contribution in [3.05, 3.63) is 81.9 Å². The quantitative estimate of drug-likeness (QED) is 0.0765. The largest absolute Gasteiger partial charge is 0.507 e. The Labute approximate surface area is 272 Å². The number of ketones is 1. The number of ether oxygens (including phenoxy) is 4. The molecule has 242 valence electrons. The average Bonchev–Trinajstić information content (AvgIpc) is 3.67. The van der Waals surface area contributed by atoms with Crippen LogP contribution in [0.5, 0.6) is 17.2 Å². The fourth-order valence-electron chi connectivity index (χ4n) is 5.43. The van der Waals surface area contributed by atoms with E-state index in [4.69, 9.17) is 18.9 Å². The second kappa shape index (κ2) is 13.8. The molecule has 0 radical (unpaired) electrons. The number of nitrogens with zero attached hydrogens (tertiary/aromatic N) is 2. The van der Waals surface area contributed by atoms with Crippen LogP contribution < -0.4 is 19.1 Å². The molecule has 0 bridgehead atoms. The smallest absolute Gasteiger partial charge is 0.350 e. The number of Topliss-reactive ketones (excluding diaryl/α,β-unsaturated/α-hetero) is 1. The van der Waals surface area contributed by atoms with E-state index in [9.17, 15) is 19.5 Å². The highest BCUT2D eigenvalue weighted by atomic mass is 32.1. The summed E-state index contributed by atoms with van der Waals surface area (Å²) in [5.41, 5.74) is 1.98. The summed E-state index contributed by atoms with van der Waals surface area (Å²) in [6, 6.07) is 9.29. The summed E-state index contributed by atoms with van der Waals surface area (Å²) < 4.78 is 23.0. The summed E-state index contributed by atoms with van der Waals surface area (Å²) in [4.78, 5) is 46.3. The van der Waals surface area contributed by atoms with Crippen LogP contribution in [0.3, 0.4) is 0 Å². The third-order valence-corrected chi connectivity index (χ3v) is 8.80. The molecule has 3 heterocycles. The molecule has 3 aromatic rings. The van der Waals surface area contributed by atoms with Crippen LogP contribution in [-0.4, -0.2) is 53.7 Å². The van der Waals surface area contributed by atoms with E-state index in [1.165, 1.54) is 11.0 Å². The Bertz CT molecular complexity index is 1710. The maximum Gasteiger partial charge on any atom is 0.350 e. The summed E-state index contributed by atoms with van der Waals surface area (Å²) in [5, 5.41) is 11.8. The number of fused-ring (bicyclic) bond motifs is 1. The van der Waals surface area contributed by atoms with E-state index in [1.54, 1.807) is 43.3 Å². The van der Waals surface area contributed by atoms with E-state index >= 15 is 0 Å². The Morgan fingerprint density at radius 2 is 1.98 bits per heavy atom. The van der Waals surface area contributed by atoms with Crippen LogP contribution >= 0.6 is 11.3 Å². The van der Waals surface area contributed by atoms with E-state index < -0.39 is 23.7 Å². The molecule has 1 aromatic heterocycles. The number of anilines is 1. The van der Waals surface area contributed by atoms with Crippen molar-refractivity contribution in [1.82, 2.24) is 4.98 Å². The molecule has 11 heteroatoms. The molecule has 1 saturated heterocycles. The number of amides is 1.